The molecular formula is C25H37IN4O2. The maximum Gasteiger partial charge on any atom is 0.191 e. The molecule has 32 heavy (non-hydrogen) atoms. The molecule has 176 valence electrons. The SMILES string of the molecule is CCNC(=NCCc1cccc(OC)c1O)NC1CCN(Cc2ccccc2C)CC1.I. The number of guanidine groups is 1. The standard InChI is InChI=1S/C25H36N4O2.HI/c1-4-26-25(27-15-12-20-10-7-11-23(31-3)24(20)30)28-22-13-16-29(17-14-22)18-21-9-6-5-8-19(21)2;/h5-11,22,30H,4,12-18H2,1-3H3,(H2,26,27,28);1H. The first-order valence-electron chi connectivity index (χ1n) is 11.3. The lowest BCUT2D eigenvalue weighted by molar-refractivity contribution is 0.198. The second-order valence-corrected chi connectivity index (χ2v) is 8.10. The number of rotatable bonds is 8. The van der Waals surface area contributed by atoms with E-state index in [1.807, 2.05) is 12.1 Å². The van der Waals surface area contributed by atoms with Gasteiger partial charge < -0.3 is 20.5 Å². The van der Waals surface area contributed by atoms with Crippen molar-refractivity contribution < 1.29 is 9.84 Å². The molecule has 0 aliphatic carbocycles. The van der Waals surface area contributed by atoms with Crippen LogP contribution in [0.2, 0.25) is 0 Å². The predicted octanol–water partition coefficient (Wildman–Crippen LogP) is 4.09. The number of piperidine rings is 1. The Labute approximate surface area is 209 Å². The van der Waals surface area contributed by atoms with Crippen LogP contribution in [0.1, 0.15) is 36.5 Å². The van der Waals surface area contributed by atoms with E-state index in [-0.39, 0.29) is 29.7 Å². The first-order valence-corrected chi connectivity index (χ1v) is 11.3. The number of likely N-dealkylation sites (tertiary alicyclic amines) is 1. The quantitative estimate of drug-likeness (QED) is 0.262. The number of hydrogen-bond acceptors (Lipinski definition) is 4. The molecule has 2 aromatic rings. The molecule has 1 aliphatic heterocycles. The summed E-state index contributed by atoms with van der Waals surface area (Å²) in [6.07, 6.45) is 2.87. The first kappa shape index (κ1) is 26.3. The lowest BCUT2D eigenvalue weighted by Gasteiger charge is -2.33. The van der Waals surface area contributed by atoms with Crippen LogP contribution in [0.3, 0.4) is 0 Å². The molecule has 0 bridgehead atoms. The summed E-state index contributed by atoms with van der Waals surface area (Å²) < 4.78 is 5.19. The van der Waals surface area contributed by atoms with Gasteiger partial charge in [0.2, 0.25) is 0 Å². The highest BCUT2D eigenvalue weighted by atomic mass is 127. The summed E-state index contributed by atoms with van der Waals surface area (Å²) in [5.41, 5.74) is 3.64. The first-order chi connectivity index (χ1) is 15.1. The number of phenolic OH excluding ortho intramolecular Hbond substituents is 1. The molecule has 0 atom stereocenters. The van der Waals surface area contributed by atoms with E-state index in [4.69, 9.17) is 9.73 Å². The van der Waals surface area contributed by atoms with Crippen LogP contribution in [0, 0.1) is 6.92 Å². The fourth-order valence-corrected chi connectivity index (χ4v) is 4.00. The summed E-state index contributed by atoms with van der Waals surface area (Å²) in [7, 11) is 1.57. The lowest BCUT2D eigenvalue weighted by Crippen LogP contribution is -2.48. The van der Waals surface area contributed by atoms with Gasteiger partial charge >= 0.3 is 0 Å². The lowest BCUT2D eigenvalue weighted by atomic mass is 10.0. The smallest absolute Gasteiger partial charge is 0.191 e. The van der Waals surface area contributed by atoms with E-state index in [1.54, 1.807) is 13.2 Å². The minimum atomic E-state index is 0. The van der Waals surface area contributed by atoms with E-state index in [9.17, 15) is 5.11 Å². The van der Waals surface area contributed by atoms with Crippen molar-refractivity contribution in [3.8, 4) is 11.5 Å². The normalized spacial score (nSPS) is 15.2. The van der Waals surface area contributed by atoms with Crippen LogP contribution < -0.4 is 15.4 Å². The van der Waals surface area contributed by atoms with Gasteiger partial charge in [-0.3, -0.25) is 9.89 Å². The Hall–Kier alpha value is -2.00. The van der Waals surface area contributed by atoms with Gasteiger partial charge in [0, 0.05) is 38.8 Å². The van der Waals surface area contributed by atoms with Crippen LogP contribution in [0.5, 0.6) is 11.5 Å². The number of ether oxygens (including phenoxy) is 1. The van der Waals surface area contributed by atoms with Crippen LogP contribution in [-0.2, 0) is 13.0 Å². The van der Waals surface area contributed by atoms with Gasteiger partial charge in [0.1, 0.15) is 0 Å². The summed E-state index contributed by atoms with van der Waals surface area (Å²) in [4.78, 5) is 7.26. The molecule has 1 aliphatic rings. The zero-order valence-corrected chi connectivity index (χ0v) is 21.8. The molecule has 0 saturated carbocycles. The van der Waals surface area contributed by atoms with E-state index in [2.05, 4.69) is 53.6 Å². The molecule has 3 N–H and O–H groups in total. The van der Waals surface area contributed by atoms with Gasteiger partial charge in [-0.05, 0) is 55.9 Å². The van der Waals surface area contributed by atoms with Crippen molar-refractivity contribution >= 4 is 29.9 Å². The maximum absolute atomic E-state index is 10.3. The highest BCUT2D eigenvalue weighted by molar-refractivity contribution is 14.0. The number of nitrogens with zero attached hydrogens (tertiary/aromatic N) is 2. The molecular weight excluding hydrogens is 515 g/mol. The number of aromatic hydroxyl groups is 1. The summed E-state index contributed by atoms with van der Waals surface area (Å²) in [6, 6.07) is 14.6. The van der Waals surface area contributed by atoms with E-state index in [0.717, 1.165) is 50.5 Å². The van der Waals surface area contributed by atoms with Crippen molar-refractivity contribution in [2.45, 2.75) is 45.7 Å². The number of halogens is 1. The van der Waals surface area contributed by atoms with E-state index in [1.165, 1.54) is 11.1 Å². The summed E-state index contributed by atoms with van der Waals surface area (Å²) in [6.45, 7) is 8.89. The molecule has 0 radical (unpaired) electrons. The van der Waals surface area contributed by atoms with Gasteiger partial charge in [-0.15, -0.1) is 24.0 Å². The van der Waals surface area contributed by atoms with Crippen LogP contribution in [-0.4, -0.2) is 55.3 Å². The Morgan fingerprint density at radius 3 is 2.53 bits per heavy atom. The zero-order chi connectivity index (χ0) is 22.1. The number of methoxy groups -OCH3 is 1. The minimum Gasteiger partial charge on any atom is -0.504 e. The van der Waals surface area contributed by atoms with Crippen LogP contribution in [0.4, 0.5) is 0 Å². The number of nitrogens with one attached hydrogen (secondary N) is 2. The van der Waals surface area contributed by atoms with Gasteiger partial charge in [0.05, 0.1) is 7.11 Å². The Morgan fingerprint density at radius 2 is 1.84 bits per heavy atom. The molecule has 0 aromatic heterocycles. The average Bonchev–Trinajstić information content (AvgIpc) is 2.78. The molecule has 1 fully saturated rings. The molecule has 0 unspecified atom stereocenters. The Balaban J connectivity index is 0.00000363. The molecule has 7 heteroatoms. The summed E-state index contributed by atoms with van der Waals surface area (Å²) in [5.74, 6) is 1.56. The fraction of sp³-hybridized carbons (Fsp3) is 0.480. The fourth-order valence-electron chi connectivity index (χ4n) is 4.00. The average molecular weight is 553 g/mol. The monoisotopic (exact) mass is 552 g/mol. The largest absolute Gasteiger partial charge is 0.504 e. The predicted molar refractivity (Wildman–Crippen MR) is 142 cm³/mol. The third-order valence-electron chi connectivity index (χ3n) is 5.88. The second kappa shape index (κ2) is 13.5. The molecule has 0 amide bonds. The van der Waals surface area contributed by atoms with Crippen molar-refractivity contribution in [1.29, 1.82) is 0 Å². The van der Waals surface area contributed by atoms with Crippen LogP contribution in [0.25, 0.3) is 0 Å². The number of benzene rings is 2. The zero-order valence-electron chi connectivity index (χ0n) is 19.4. The molecule has 6 nitrogen and oxygen atoms in total. The van der Waals surface area contributed by atoms with Crippen LogP contribution in [0.15, 0.2) is 47.5 Å². The number of para-hydroxylation sites is 1. The summed E-state index contributed by atoms with van der Waals surface area (Å²) >= 11 is 0. The van der Waals surface area contributed by atoms with E-state index < -0.39 is 0 Å². The number of aliphatic imine (C=N–C) groups is 1. The minimum absolute atomic E-state index is 0. The topological polar surface area (TPSA) is 69.1 Å². The van der Waals surface area contributed by atoms with Gasteiger partial charge in [0.15, 0.2) is 17.5 Å². The van der Waals surface area contributed by atoms with Crippen molar-refractivity contribution in [1.82, 2.24) is 15.5 Å². The summed E-state index contributed by atoms with van der Waals surface area (Å²) in [5, 5.41) is 17.2. The Bertz CT molecular complexity index is 867. The number of hydrogen-bond donors (Lipinski definition) is 3. The molecule has 3 rings (SSSR count). The van der Waals surface area contributed by atoms with E-state index in [0.29, 0.717) is 24.8 Å². The third kappa shape index (κ3) is 7.55. The van der Waals surface area contributed by atoms with Gasteiger partial charge in [-0.2, -0.15) is 0 Å². The van der Waals surface area contributed by atoms with Crippen molar-refractivity contribution in [3.05, 3.63) is 59.2 Å². The number of phenols is 1. The highest BCUT2D eigenvalue weighted by Gasteiger charge is 2.20. The van der Waals surface area contributed by atoms with Gasteiger partial charge in [-0.1, -0.05) is 36.4 Å². The highest BCUT2D eigenvalue weighted by Crippen LogP contribution is 2.29. The van der Waals surface area contributed by atoms with Gasteiger partial charge in [0.25, 0.3) is 0 Å². The van der Waals surface area contributed by atoms with Crippen molar-refractivity contribution in [3.63, 3.8) is 0 Å². The Kier molecular flexibility index (Phi) is 11.1. The molecule has 1 heterocycles. The van der Waals surface area contributed by atoms with E-state index >= 15 is 0 Å². The second-order valence-electron chi connectivity index (χ2n) is 8.10. The maximum atomic E-state index is 10.3. The third-order valence-corrected chi connectivity index (χ3v) is 5.88. The van der Waals surface area contributed by atoms with Crippen molar-refractivity contribution in [2.24, 2.45) is 4.99 Å². The molecule has 0 spiro atoms. The van der Waals surface area contributed by atoms with Gasteiger partial charge in [-0.25, -0.2) is 0 Å². The van der Waals surface area contributed by atoms with Crippen molar-refractivity contribution in [2.75, 3.05) is 33.3 Å². The Morgan fingerprint density at radius 1 is 1.12 bits per heavy atom. The van der Waals surface area contributed by atoms with Crippen LogP contribution >= 0.6 is 24.0 Å². The number of aryl methyl sites for hydroxylation is 1. The molecule has 1 saturated heterocycles. The molecule has 2 aromatic carbocycles.